The molecule has 140 valence electrons. The number of carbonyl (C=O) groups is 1. The van der Waals surface area contributed by atoms with Crippen molar-refractivity contribution in [1.82, 2.24) is 5.32 Å². The van der Waals surface area contributed by atoms with Crippen molar-refractivity contribution in [3.05, 3.63) is 59.2 Å². The number of benzene rings is 2. The van der Waals surface area contributed by atoms with E-state index >= 15 is 0 Å². The zero-order valence-corrected chi connectivity index (χ0v) is 16.0. The predicted octanol–water partition coefficient (Wildman–Crippen LogP) is 4.22. The summed E-state index contributed by atoms with van der Waals surface area (Å²) in [5.74, 6) is 0.970. The second-order valence-corrected chi connectivity index (χ2v) is 6.55. The van der Waals surface area contributed by atoms with Crippen molar-refractivity contribution in [1.29, 1.82) is 0 Å². The molecule has 2 aromatic carbocycles. The molecule has 0 saturated carbocycles. The lowest BCUT2D eigenvalue weighted by Gasteiger charge is -2.26. The molecule has 1 aliphatic rings. The Morgan fingerprint density at radius 3 is 2.73 bits per heavy atom. The van der Waals surface area contributed by atoms with Crippen LogP contribution in [0.3, 0.4) is 0 Å². The first-order valence-corrected chi connectivity index (χ1v) is 9.05. The van der Waals surface area contributed by atoms with Gasteiger partial charge in [-0.2, -0.15) is 0 Å². The summed E-state index contributed by atoms with van der Waals surface area (Å²) in [6, 6.07) is 14.1. The highest BCUT2D eigenvalue weighted by atomic mass is 35.5. The van der Waals surface area contributed by atoms with Crippen molar-refractivity contribution in [2.45, 2.75) is 45.1 Å². The van der Waals surface area contributed by atoms with Gasteiger partial charge in [-0.3, -0.25) is 4.79 Å². The van der Waals surface area contributed by atoms with E-state index in [0.717, 1.165) is 42.7 Å². The van der Waals surface area contributed by atoms with Crippen molar-refractivity contribution in [3.63, 3.8) is 0 Å². The standard InChI is InChI=1S/C21H26N2O2.ClH/c1-2-25-18-10-6-15(7-11-18)8-13-21(24)23-20-5-3-4-16-14-17(22)9-12-19(16)20;/h6-7,9-12,14,20H,2-5,8,13,22H2,1H3,(H,23,24);1H. The SMILES string of the molecule is CCOc1ccc(CCC(=O)NC2CCCc3cc(N)ccc32)cc1.Cl. The molecule has 0 spiro atoms. The third kappa shape index (κ3) is 5.15. The lowest BCUT2D eigenvalue weighted by Crippen LogP contribution is -2.31. The van der Waals surface area contributed by atoms with E-state index in [2.05, 4.69) is 11.4 Å². The number of hydrogen-bond acceptors (Lipinski definition) is 3. The van der Waals surface area contributed by atoms with Crippen LogP contribution in [0.15, 0.2) is 42.5 Å². The van der Waals surface area contributed by atoms with Gasteiger partial charge in [-0.1, -0.05) is 18.2 Å². The van der Waals surface area contributed by atoms with E-state index in [1.165, 1.54) is 11.1 Å². The Balaban J connectivity index is 0.00000243. The van der Waals surface area contributed by atoms with Gasteiger partial charge in [0, 0.05) is 12.1 Å². The number of aryl methyl sites for hydroxylation is 2. The molecule has 5 heteroatoms. The van der Waals surface area contributed by atoms with E-state index in [4.69, 9.17) is 10.5 Å². The second kappa shape index (κ2) is 9.48. The molecule has 1 amide bonds. The van der Waals surface area contributed by atoms with Gasteiger partial charge < -0.3 is 15.8 Å². The zero-order valence-electron chi connectivity index (χ0n) is 15.2. The van der Waals surface area contributed by atoms with Crippen LogP contribution in [0.2, 0.25) is 0 Å². The first kappa shape index (κ1) is 20.1. The predicted molar refractivity (Wildman–Crippen MR) is 108 cm³/mol. The second-order valence-electron chi connectivity index (χ2n) is 6.55. The summed E-state index contributed by atoms with van der Waals surface area (Å²) in [5, 5.41) is 3.19. The summed E-state index contributed by atoms with van der Waals surface area (Å²) >= 11 is 0. The normalized spacial score (nSPS) is 15.5. The van der Waals surface area contributed by atoms with Gasteiger partial charge in [-0.15, -0.1) is 12.4 Å². The molecule has 0 saturated heterocycles. The number of rotatable bonds is 6. The maximum atomic E-state index is 12.4. The number of carbonyl (C=O) groups excluding carboxylic acids is 1. The Hall–Kier alpha value is -2.20. The third-order valence-corrected chi connectivity index (χ3v) is 4.69. The summed E-state index contributed by atoms with van der Waals surface area (Å²) < 4.78 is 5.44. The van der Waals surface area contributed by atoms with Gasteiger partial charge in [0.05, 0.1) is 12.6 Å². The van der Waals surface area contributed by atoms with Gasteiger partial charge >= 0.3 is 0 Å². The topological polar surface area (TPSA) is 64.3 Å². The monoisotopic (exact) mass is 374 g/mol. The van der Waals surface area contributed by atoms with Crippen molar-refractivity contribution in [2.24, 2.45) is 0 Å². The minimum Gasteiger partial charge on any atom is -0.494 e. The molecule has 0 aliphatic heterocycles. The first-order chi connectivity index (χ1) is 12.2. The Kier molecular flexibility index (Phi) is 7.34. The van der Waals surface area contributed by atoms with Gasteiger partial charge in [0.15, 0.2) is 0 Å². The quantitative estimate of drug-likeness (QED) is 0.744. The third-order valence-electron chi connectivity index (χ3n) is 4.69. The minimum atomic E-state index is 0. The molecule has 1 aliphatic carbocycles. The van der Waals surface area contributed by atoms with Gasteiger partial charge in [-0.05, 0) is 73.6 Å². The fraction of sp³-hybridized carbons (Fsp3) is 0.381. The van der Waals surface area contributed by atoms with E-state index in [-0.39, 0.29) is 24.4 Å². The maximum absolute atomic E-state index is 12.4. The van der Waals surface area contributed by atoms with Crippen LogP contribution in [-0.2, 0) is 17.6 Å². The number of nitrogens with two attached hydrogens (primary N) is 1. The summed E-state index contributed by atoms with van der Waals surface area (Å²) in [7, 11) is 0. The zero-order chi connectivity index (χ0) is 17.6. The number of hydrogen-bond donors (Lipinski definition) is 2. The smallest absolute Gasteiger partial charge is 0.220 e. The number of nitrogens with one attached hydrogen (secondary N) is 1. The number of fused-ring (bicyclic) bond motifs is 1. The molecular weight excluding hydrogens is 348 g/mol. The number of ether oxygens (including phenoxy) is 1. The van der Waals surface area contributed by atoms with Crippen molar-refractivity contribution in [3.8, 4) is 5.75 Å². The largest absolute Gasteiger partial charge is 0.494 e. The van der Waals surface area contributed by atoms with Crippen molar-refractivity contribution >= 4 is 24.0 Å². The highest BCUT2D eigenvalue weighted by Crippen LogP contribution is 2.31. The van der Waals surface area contributed by atoms with E-state index in [0.29, 0.717) is 13.0 Å². The van der Waals surface area contributed by atoms with Crippen LogP contribution in [0.5, 0.6) is 5.75 Å². The number of amides is 1. The Bertz CT molecular complexity index is 731. The number of anilines is 1. The van der Waals surface area contributed by atoms with Crippen LogP contribution in [0.1, 0.15) is 48.9 Å². The Morgan fingerprint density at radius 2 is 2.00 bits per heavy atom. The van der Waals surface area contributed by atoms with Crippen molar-refractivity contribution in [2.75, 3.05) is 12.3 Å². The molecule has 3 N–H and O–H groups in total. The van der Waals surface area contributed by atoms with E-state index in [1.54, 1.807) is 0 Å². The molecule has 0 heterocycles. The molecule has 4 nitrogen and oxygen atoms in total. The van der Waals surface area contributed by atoms with Crippen LogP contribution >= 0.6 is 12.4 Å². The molecule has 1 atom stereocenters. The van der Waals surface area contributed by atoms with Crippen molar-refractivity contribution < 1.29 is 9.53 Å². The summed E-state index contributed by atoms with van der Waals surface area (Å²) in [5.41, 5.74) is 10.3. The van der Waals surface area contributed by atoms with Crippen LogP contribution in [0.4, 0.5) is 5.69 Å². The number of halogens is 1. The Morgan fingerprint density at radius 1 is 1.23 bits per heavy atom. The van der Waals surface area contributed by atoms with Gasteiger partial charge in [0.2, 0.25) is 5.91 Å². The van der Waals surface area contributed by atoms with Gasteiger partial charge in [-0.25, -0.2) is 0 Å². The molecule has 0 bridgehead atoms. The van der Waals surface area contributed by atoms with Crippen LogP contribution in [0, 0.1) is 0 Å². The molecule has 2 aromatic rings. The highest BCUT2D eigenvalue weighted by Gasteiger charge is 2.21. The molecule has 0 aromatic heterocycles. The van der Waals surface area contributed by atoms with Gasteiger partial charge in [0.1, 0.15) is 5.75 Å². The van der Waals surface area contributed by atoms with Crippen LogP contribution < -0.4 is 15.8 Å². The molecule has 0 fully saturated rings. The van der Waals surface area contributed by atoms with E-state index < -0.39 is 0 Å². The Labute approximate surface area is 161 Å². The minimum absolute atomic E-state index is 0. The van der Waals surface area contributed by atoms with E-state index in [9.17, 15) is 4.79 Å². The van der Waals surface area contributed by atoms with Gasteiger partial charge in [0.25, 0.3) is 0 Å². The average molecular weight is 375 g/mol. The van der Waals surface area contributed by atoms with Crippen LogP contribution in [-0.4, -0.2) is 12.5 Å². The lowest BCUT2D eigenvalue weighted by atomic mass is 9.87. The molecule has 0 radical (unpaired) electrons. The molecule has 3 rings (SSSR count). The fourth-order valence-electron chi connectivity index (χ4n) is 3.43. The van der Waals surface area contributed by atoms with Crippen LogP contribution in [0.25, 0.3) is 0 Å². The molecular formula is C21H27ClN2O2. The summed E-state index contributed by atoms with van der Waals surface area (Å²) in [4.78, 5) is 12.4. The highest BCUT2D eigenvalue weighted by molar-refractivity contribution is 5.85. The number of nitrogen functional groups attached to an aromatic ring is 1. The molecule has 1 unspecified atom stereocenters. The molecule has 26 heavy (non-hydrogen) atoms. The summed E-state index contributed by atoms with van der Waals surface area (Å²) in [6.45, 7) is 2.63. The first-order valence-electron chi connectivity index (χ1n) is 9.05. The summed E-state index contributed by atoms with van der Waals surface area (Å²) in [6.07, 6.45) is 4.35. The average Bonchev–Trinajstić information content (AvgIpc) is 2.61. The lowest BCUT2D eigenvalue weighted by molar-refractivity contribution is -0.121. The maximum Gasteiger partial charge on any atom is 0.220 e. The fourth-order valence-corrected chi connectivity index (χ4v) is 3.43. The van der Waals surface area contributed by atoms with E-state index in [1.807, 2.05) is 43.3 Å².